The molecule has 28 heavy (non-hydrogen) atoms. The van der Waals surface area contributed by atoms with Gasteiger partial charge < -0.3 is 24.8 Å². The monoisotopic (exact) mass is 525 g/mol. The Morgan fingerprint density at radius 3 is 2.57 bits per heavy atom. The minimum Gasteiger partial charge on any atom is -1.00 e. The molecule has 6 heteroatoms. The Kier molecular flexibility index (Phi) is 7.73. The van der Waals surface area contributed by atoms with Crippen LogP contribution in [0.5, 0.6) is 0 Å². The van der Waals surface area contributed by atoms with E-state index in [2.05, 4.69) is 63.1 Å². The number of hydrogen-bond donors (Lipinski definition) is 0. The summed E-state index contributed by atoms with van der Waals surface area (Å²) in [6.45, 7) is 12.8. The molecule has 1 aromatic carbocycles. The van der Waals surface area contributed by atoms with E-state index in [0.717, 1.165) is 29.5 Å². The molecule has 1 aliphatic heterocycles. The Morgan fingerprint density at radius 2 is 1.89 bits per heavy atom. The number of hydrogen-bond acceptors (Lipinski definition) is 1. The van der Waals surface area contributed by atoms with Crippen molar-refractivity contribution >= 4 is 27.2 Å². The van der Waals surface area contributed by atoms with Crippen LogP contribution in [0.15, 0.2) is 41.1 Å². The van der Waals surface area contributed by atoms with E-state index in [1.807, 2.05) is 5.20 Å². The molecule has 0 radical (unpaired) electrons. The minimum atomic E-state index is -1.39. The van der Waals surface area contributed by atoms with E-state index in [1.54, 1.807) is 57.8 Å². The van der Waals surface area contributed by atoms with Crippen molar-refractivity contribution < 1.29 is 54.0 Å². The van der Waals surface area contributed by atoms with Crippen LogP contribution in [0.25, 0.3) is 10.8 Å². The van der Waals surface area contributed by atoms with Gasteiger partial charge in [0.2, 0.25) is 0 Å². The Hall–Kier alpha value is 0.297. The molecule has 0 saturated heterocycles. The van der Waals surface area contributed by atoms with Crippen molar-refractivity contribution in [3.63, 3.8) is 0 Å². The fourth-order valence-electron chi connectivity index (χ4n) is 4.66. The third-order valence-corrected chi connectivity index (χ3v) is 12.6. The van der Waals surface area contributed by atoms with Gasteiger partial charge in [-0.25, -0.2) is 0 Å². The van der Waals surface area contributed by atoms with E-state index in [1.165, 1.54) is 0 Å². The predicted molar refractivity (Wildman–Crippen MR) is 113 cm³/mol. The van der Waals surface area contributed by atoms with Crippen LogP contribution in [0, 0.1) is 0 Å². The van der Waals surface area contributed by atoms with Gasteiger partial charge in [-0.1, -0.05) is 0 Å². The third-order valence-electron chi connectivity index (χ3n) is 5.93. The van der Waals surface area contributed by atoms with Gasteiger partial charge in [0.15, 0.2) is 0 Å². The second-order valence-electron chi connectivity index (χ2n) is 9.29. The quantitative estimate of drug-likeness (QED) is 0.379. The molecule has 0 aromatic heterocycles. The Labute approximate surface area is 199 Å². The molecular weight excluding hydrogens is 499 g/mol. The molecule has 1 nitrogen and oxygen atoms in total. The maximum absolute atomic E-state index is 6.06. The third kappa shape index (κ3) is 4.34. The topological polar surface area (TPSA) is 9.23 Å². The van der Waals surface area contributed by atoms with Crippen LogP contribution in [0.3, 0.4) is 0 Å². The maximum atomic E-state index is 6.06. The molecule has 0 N–H and O–H groups in total. The molecule has 4 rings (SSSR count). The molecule has 1 unspecified atom stereocenters. The molecule has 0 amide bonds. The van der Waals surface area contributed by atoms with Crippen molar-refractivity contribution in [2.24, 2.45) is 0 Å². The number of allylic oxidation sites excluding steroid dienone is 5. The molecule has 1 aromatic rings. The average molecular weight is 528 g/mol. The van der Waals surface area contributed by atoms with Gasteiger partial charge in [0.1, 0.15) is 0 Å². The van der Waals surface area contributed by atoms with Crippen molar-refractivity contribution in [1.82, 2.24) is 0 Å². The van der Waals surface area contributed by atoms with Gasteiger partial charge in [-0.3, -0.25) is 0 Å². The zero-order valence-corrected chi connectivity index (χ0v) is 23.4. The summed E-state index contributed by atoms with van der Waals surface area (Å²) in [7, 11) is -2.57. The van der Waals surface area contributed by atoms with Gasteiger partial charge in [-0.2, -0.15) is 0 Å². The van der Waals surface area contributed by atoms with Crippen molar-refractivity contribution in [2.45, 2.75) is 55.6 Å². The summed E-state index contributed by atoms with van der Waals surface area (Å²) in [6, 6.07) is 7.07. The summed E-state index contributed by atoms with van der Waals surface area (Å²) in [5.74, 6) is 0. The number of rotatable bonds is 6. The molecule has 0 fully saturated rings. The van der Waals surface area contributed by atoms with E-state index in [4.69, 9.17) is 4.43 Å². The molecule has 2 aliphatic carbocycles. The van der Waals surface area contributed by atoms with Crippen LogP contribution in [0.1, 0.15) is 39.6 Å². The predicted octanol–water partition coefficient (Wildman–Crippen LogP) is 0.195. The van der Waals surface area contributed by atoms with E-state index in [-0.39, 0.29) is 24.8 Å². The second-order valence-corrected chi connectivity index (χ2v) is 19.5. The normalized spacial score (nSPS) is 21.3. The smallest absolute Gasteiger partial charge is 1.00 e. The SMILES string of the molecule is C[Si](C)(C)OCCCC1=C(c2cccc3c2C2=C([CH]3[Zr+2])[Si]2(C)C)CC=C1.[Cl-].[Cl-]. The first-order chi connectivity index (χ1) is 12.2. The second kappa shape index (κ2) is 8.81. The summed E-state index contributed by atoms with van der Waals surface area (Å²) in [5, 5.41) is 3.65. The molecule has 0 bridgehead atoms. The van der Waals surface area contributed by atoms with Gasteiger partial charge in [-0.15, -0.1) is 0 Å². The summed E-state index contributed by atoms with van der Waals surface area (Å²) in [6.07, 6.45) is 8.12. The van der Waals surface area contributed by atoms with E-state index in [0.29, 0.717) is 0 Å². The first-order valence-corrected chi connectivity index (χ1v) is 17.7. The van der Waals surface area contributed by atoms with E-state index < -0.39 is 16.4 Å². The molecule has 0 saturated carbocycles. The minimum absolute atomic E-state index is 0. The fraction of sp³-hybridized carbons (Fsp3) is 0.455. The Balaban J connectivity index is 0.00000140. The summed E-state index contributed by atoms with van der Waals surface area (Å²) < 4.78 is 6.81. The molecule has 149 valence electrons. The number of fused-ring (bicyclic) bond motifs is 2. The molecule has 0 spiro atoms. The van der Waals surface area contributed by atoms with Crippen molar-refractivity contribution in [2.75, 3.05) is 6.61 Å². The van der Waals surface area contributed by atoms with E-state index >= 15 is 0 Å². The number of halogens is 2. The van der Waals surface area contributed by atoms with E-state index in [9.17, 15) is 0 Å². The number of benzene rings is 1. The Morgan fingerprint density at radius 1 is 1.18 bits per heavy atom. The molecule has 3 aliphatic rings. The standard InChI is InChI=1S/C22H29OSi2.2ClH.Zr/c1-24(2,3)23-14-8-11-16-9-6-12-18(16)19-13-7-10-17-15-20-22(21(17)19)25(20,4)5;;;/h6-7,9-10,13,15H,8,11-12,14H2,1-5H3;2*1H;/q;;;+2/p-2. The van der Waals surface area contributed by atoms with Crippen LogP contribution in [0.4, 0.5) is 0 Å². The van der Waals surface area contributed by atoms with Crippen LogP contribution >= 0.6 is 0 Å². The van der Waals surface area contributed by atoms with Crippen LogP contribution in [-0.2, 0) is 29.1 Å². The van der Waals surface area contributed by atoms with Crippen molar-refractivity contribution in [3.8, 4) is 0 Å². The van der Waals surface area contributed by atoms with Crippen LogP contribution in [-0.4, -0.2) is 23.0 Å². The largest absolute Gasteiger partial charge is 1.00 e. The van der Waals surface area contributed by atoms with Crippen LogP contribution < -0.4 is 24.8 Å². The summed E-state index contributed by atoms with van der Waals surface area (Å²) in [5.41, 5.74) is 7.95. The van der Waals surface area contributed by atoms with Gasteiger partial charge >= 0.3 is 176 Å². The van der Waals surface area contributed by atoms with Gasteiger partial charge in [0.25, 0.3) is 0 Å². The molecule has 1 atom stereocenters. The van der Waals surface area contributed by atoms with Gasteiger partial charge in [0.05, 0.1) is 0 Å². The maximum Gasteiger partial charge on any atom is -1.00 e. The van der Waals surface area contributed by atoms with Gasteiger partial charge in [-0.05, 0) is 0 Å². The average Bonchev–Trinajstić information content (AvgIpc) is 2.91. The molecule has 1 heterocycles. The molecular formula is C22H29Cl2OSi2Zr. The van der Waals surface area contributed by atoms with Crippen LogP contribution in [0.2, 0.25) is 32.7 Å². The Bertz CT molecular complexity index is 866. The van der Waals surface area contributed by atoms with Crippen molar-refractivity contribution in [3.05, 3.63) is 57.8 Å². The zero-order valence-electron chi connectivity index (χ0n) is 17.5. The summed E-state index contributed by atoms with van der Waals surface area (Å²) in [4.78, 5) is 0. The van der Waals surface area contributed by atoms with Crippen molar-refractivity contribution in [1.29, 1.82) is 0 Å². The van der Waals surface area contributed by atoms with Gasteiger partial charge in [0, 0.05) is 0 Å². The first kappa shape index (κ1) is 24.6. The summed E-state index contributed by atoms with van der Waals surface area (Å²) >= 11 is 1.67. The first-order valence-electron chi connectivity index (χ1n) is 9.84. The fourth-order valence-corrected chi connectivity index (χ4v) is 13.2. The zero-order chi connectivity index (χ0) is 18.7.